The highest BCUT2D eigenvalue weighted by Gasteiger charge is 2.06. The van der Waals surface area contributed by atoms with Crippen molar-refractivity contribution in [2.24, 2.45) is 5.73 Å². The lowest BCUT2D eigenvalue weighted by molar-refractivity contribution is -0.117. The molecule has 12 heavy (non-hydrogen) atoms. The van der Waals surface area contributed by atoms with Crippen molar-refractivity contribution in [2.75, 3.05) is 5.32 Å². The van der Waals surface area contributed by atoms with Crippen LogP contribution in [0.3, 0.4) is 0 Å². The molecule has 0 spiro atoms. The predicted octanol–water partition coefficient (Wildman–Crippen LogP) is -0.238. The largest absolute Gasteiger partial charge is 0.320 e. The van der Waals surface area contributed by atoms with Crippen LogP contribution in [-0.4, -0.2) is 21.9 Å². The van der Waals surface area contributed by atoms with Gasteiger partial charge in [-0.2, -0.15) is 0 Å². The lowest BCUT2D eigenvalue weighted by atomic mass is 10.3. The molecule has 64 valence electrons. The van der Waals surface area contributed by atoms with Gasteiger partial charge < -0.3 is 11.1 Å². The second-order valence-electron chi connectivity index (χ2n) is 2.37. The number of nitrogens with two attached hydrogens (primary N) is 1. The van der Waals surface area contributed by atoms with Crippen LogP contribution in [0.25, 0.3) is 0 Å². The van der Waals surface area contributed by atoms with Gasteiger partial charge in [0.15, 0.2) is 0 Å². The number of nitrogens with one attached hydrogen (secondary N) is 1. The normalized spacial score (nSPS) is 12.2. The molecule has 0 saturated heterocycles. The maximum atomic E-state index is 11.0. The minimum absolute atomic E-state index is 0.256. The molecule has 0 aliphatic heterocycles. The number of hydrogen-bond donors (Lipinski definition) is 2. The van der Waals surface area contributed by atoms with Crippen molar-refractivity contribution in [1.29, 1.82) is 0 Å². The Morgan fingerprint density at radius 1 is 1.75 bits per heavy atom. The van der Waals surface area contributed by atoms with E-state index in [4.69, 9.17) is 5.73 Å². The molecule has 1 aromatic heterocycles. The first kappa shape index (κ1) is 8.61. The second-order valence-corrected chi connectivity index (χ2v) is 2.37. The topological polar surface area (TPSA) is 80.9 Å². The van der Waals surface area contributed by atoms with Gasteiger partial charge in [0.1, 0.15) is 12.1 Å². The van der Waals surface area contributed by atoms with Gasteiger partial charge in [0.2, 0.25) is 5.91 Å². The molecule has 5 nitrogen and oxygen atoms in total. The van der Waals surface area contributed by atoms with Gasteiger partial charge in [0.25, 0.3) is 0 Å². The van der Waals surface area contributed by atoms with Gasteiger partial charge in [-0.05, 0) is 13.0 Å². The third-order valence-electron chi connectivity index (χ3n) is 1.25. The Morgan fingerprint density at radius 2 is 2.50 bits per heavy atom. The van der Waals surface area contributed by atoms with Crippen molar-refractivity contribution >= 4 is 11.7 Å². The minimum Gasteiger partial charge on any atom is -0.320 e. The molecule has 0 fully saturated rings. The van der Waals surface area contributed by atoms with Crippen LogP contribution in [0.2, 0.25) is 0 Å². The molecule has 1 rings (SSSR count). The summed E-state index contributed by atoms with van der Waals surface area (Å²) in [6.07, 6.45) is 2.90. The number of hydrogen-bond acceptors (Lipinski definition) is 4. The first-order chi connectivity index (χ1) is 5.70. The summed E-state index contributed by atoms with van der Waals surface area (Å²) in [5.74, 6) is 0.209. The van der Waals surface area contributed by atoms with E-state index in [1.165, 1.54) is 6.33 Å². The minimum atomic E-state index is -0.528. The molecule has 3 N–H and O–H groups in total. The molecule has 0 bridgehead atoms. The summed E-state index contributed by atoms with van der Waals surface area (Å²) in [6.45, 7) is 1.61. The molecule has 1 heterocycles. The molecule has 1 unspecified atom stereocenters. The molecule has 0 radical (unpaired) electrons. The van der Waals surface area contributed by atoms with Crippen LogP contribution in [0.5, 0.6) is 0 Å². The molecule has 0 aliphatic rings. The van der Waals surface area contributed by atoms with E-state index in [-0.39, 0.29) is 5.91 Å². The molecular formula is C7H10N4O. The summed E-state index contributed by atoms with van der Waals surface area (Å²) in [5, 5.41) is 2.53. The van der Waals surface area contributed by atoms with E-state index in [0.29, 0.717) is 5.82 Å². The molecule has 0 saturated carbocycles. The fraction of sp³-hybridized carbons (Fsp3) is 0.286. The van der Waals surface area contributed by atoms with Crippen LogP contribution in [0.1, 0.15) is 6.92 Å². The first-order valence-corrected chi connectivity index (χ1v) is 3.52. The monoisotopic (exact) mass is 166 g/mol. The lowest BCUT2D eigenvalue weighted by Crippen LogP contribution is -2.32. The molecule has 0 aromatic carbocycles. The first-order valence-electron chi connectivity index (χ1n) is 3.52. The third-order valence-corrected chi connectivity index (χ3v) is 1.25. The Kier molecular flexibility index (Phi) is 2.71. The van der Waals surface area contributed by atoms with Gasteiger partial charge in [0.05, 0.1) is 6.04 Å². The van der Waals surface area contributed by atoms with Gasteiger partial charge in [0, 0.05) is 6.20 Å². The molecule has 1 amide bonds. The Labute approximate surface area is 70.0 Å². The van der Waals surface area contributed by atoms with E-state index in [1.54, 1.807) is 19.2 Å². The number of rotatable bonds is 2. The van der Waals surface area contributed by atoms with Crippen LogP contribution < -0.4 is 11.1 Å². The number of nitrogens with zero attached hydrogens (tertiary/aromatic N) is 2. The van der Waals surface area contributed by atoms with Crippen molar-refractivity contribution < 1.29 is 4.79 Å². The fourth-order valence-corrected chi connectivity index (χ4v) is 0.605. The van der Waals surface area contributed by atoms with E-state index in [9.17, 15) is 4.79 Å². The molecule has 5 heteroatoms. The zero-order valence-corrected chi connectivity index (χ0v) is 6.69. The standard InChI is InChI=1S/C7H10N4O/c1-5(8)7(12)11-6-2-3-9-4-10-6/h2-5H,8H2,1H3,(H,9,10,11,12). The summed E-state index contributed by atoms with van der Waals surface area (Å²) >= 11 is 0. The molecule has 1 aromatic rings. The highest BCUT2D eigenvalue weighted by atomic mass is 16.2. The van der Waals surface area contributed by atoms with Gasteiger partial charge in [-0.15, -0.1) is 0 Å². The number of carbonyl (C=O) groups is 1. The second kappa shape index (κ2) is 3.77. The number of anilines is 1. The zero-order valence-electron chi connectivity index (χ0n) is 6.69. The average Bonchev–Trinajstić information content (AvgIpc) is 2.06. The van der Waals surface area contributed by atoms with Crippen molar-refractivity contribution in [3.8, 4) is 0 Å². The van der Waals surface area contributed by atoms with Gasteiger partial charge in [-0.25, -0.2) is 9.97 Å². The van der Waals surface area contributed by atoms with Crippen LogP contribution in [0, 0.1) is 0 Å². The van der Waals surface area contributed by atoms with Crippen molar-refractivity contribution in [3.05, 3.63) is 18.6 Å². The maximum absolute atomic E-state index is 11.0. The van der Waals surface area contributed by atoms with Gasteiger partial charge in [-0.3, -0.25) is 4.79 Å². The van der Waals surface area contributed by atoms with Crippen molar-refractivity contribution in [1.82, 2.24) is 9.97 Å². The summed E-state index contributed by atoms with van der Waals surface area (Å²) in [7, 11) is 0. The molecule has 0 aliphatic carbocycles. The quantitative estimate of drug-likeness (QED) is 0.635. The van der Waals surface area contributed by atoms with Crippen LogP contribution in [-0.2, 0) is 4.79 Å². The predicted molar refractivity (Wildman–Crippen MR) is 44.3 cm³/mol. The summed E-state index contributed by atoms with van der Waals surface area (Å²) in [5.41, 5.74) is 5.33. The summed E-state index contributed by atoms with van der Waals surface area (Å²) in [6, 6.07) is 1.07. The van der Waals surface area contributed by atoms with E-state index in [0.717, 1.165) is 0 Å². The smallest absolute Gasteiger partial charge is 0.242 e. The van der Waals surface area contributed by atoms with E-state index < -0.39 is 6.04 Å². The molecular weight excluding hydrogens is 156 g/mol. The van der Waals surface area contributed by atoms with Crippen LogP contribution >= 0.6 is 0 Å². The summed E-state index contributed by atoms with van der Waals surface area (Å²) in [4.78, 5) is 18.5. The zero-order chi connectivity index (χ0) is 8.97. The Bertz CT molecular complexity index is 259. The lowest BCUT2D eigenvalue weighted by Gasteiger charge is -2.05. The number of carbonyl (C=O) groups excluding carboxylic acids is 1. The van der Waals surface area contributed by atoms with Crippen LogP contribution in [0.15, 0.2) is 18.6 Å². The van der Waals surface area contributed by atoms with Gasteiger partial charge >= 0.3 is 0 Å². The average molecular weight is 166 g/mol. The van der Waals surface area contributed by atoms with E-state index in [1.807, 2.05) is 0 Å². The van der Waals surface area contributed by atoms with E-state index in [2.05, 4.69) is 15.3 Å². The van der Waals surface area contributed by atoms with Gasteiger partial charge in [-0.1, -0.05) is 0 Å². The SMILES string of the molecule is CC(N)C(=O)Nc1ccncn1. The number of amides is 1. The third kappa shape index (κ3) is 2.28. The summed E-state index contributed by atoms with van der Waals surface area (Å²) < 4.78 is 0. The Hall–Kier alpha value is -1.49. The Balaban J connectivity index is 2.59. The van der Waals surface area contributed by atoms with Crippen molar-refractivity contribution in [2.45, 2.75) is 13.0 Å². The molecule has 1 atom stereocenters. The highest BCUT2D eigenvalue weighted by molar-refractivity contribution is 5.93. The van der Waals surface area contributed by atoms with Crippen molar-refractivity contribution in [3.63, 3.8) is 0 Å². The Morgan fingerprint density at radius 3 is 3.00 bits per heavy atom. The van der Waals surface area contributed by atoms with E-state index >= 15 is 0 Å². The number of aromatic nitrogens is 2. The fourth-order valence-electron chi connectivity index (χ4n) is 0.605. The maximum Gasteiger partial charge on any atom is 0.242 e. The van der Waals surface area contributed by atoms with Crippen LogP contribution in [0.4, 0.5) is 5.82 Å². The highest BCUT2D eigenvalue weighted by Crippen LogP contribution is 1.97.